The molecular formula is C20H13ClN6O3S2. The second-order valence-corrected chi connectivity index (χ2v) is 9.80. The third-order valence-corrected chi connectivity index (χ3v) is 7.74. The van der Waals surface area contributed by atoms with Gasteiger partial charge in [-0.15, -0.1) is 11.3 Å². The van der Waals surface area contributed by atoms with E-state index in [1.165, 1.54) is 43.7 Å². The van der Waals surface area contributed by atoms with Gasteiger partial charge in [-0.3, -0.25) is 9.89 Å². The summed E-state index contributed by atoms with van der Waals surface area (Å²) in [6.45, 7) is 9.12. The Balaban J connectivity index is 1.99. The van der Waals surface area contributed by atoms with Gasteiger partial charge in [-0.25, -0.2) is 23.2 Å². The lowest BCUT2D eigenvalue weighted by molar-refractivity contribution is -0.114. The Morgan fingerprint density at radius 2 is 1.94 bits per heavy atom. The Morgan fingerprint density at radius 1 is 1.19 bits per heavy atom. The molecular weight excluding hydrogens is 472 g/mol. The molecule has 0 bridgehead atoms. The number of benzene rings is 1. The number of aromatic nitrogens is 4. The van der Waals surface area contributed by atoms with Crippen LogP contribution in [-0.4, -0.2) is 34.5 Å². The number of H-pyrrole nitrogens is 1. The first-order valence-corrected chi connectivity index (χ1v) is 11.6. The number of amides is 1. The first kappa shape index (κ1) is 21.6. The Kier molecular flexibility index (Phi) is 5.75. The average Bonchev–Trinajstić information content (AvgIpc) is 3.41. The van der Waals surface area contributed by atoms with E-state index in [2.05, 4.69) is 30.3 Å². The van der Waals surface area contributed by atoms with E-state index in [4.69, 9.17) is 18.2 Å². The molecule has 12 heteroatoms. The highest BCUT2D eigenvalue weighted by atomic mass is 35.5. The minimum Gasteiger partial charge on any atom is -0.311 e. The molecule has 0 fully saturated rings. The second kappa shape index (κ2) is 8.51. The molecule has 3 aromatic heterocycles. The van der Waals surface area contributed by atoms with Gasteiger partial charge in [0.25, 0.3) is 0 Å². The molecule has 32 heavy (non-hydrogen) atoms. The number of aromatic amines is 1. The fourth-order valence-corrected chi connectivity index (χ4v) is 6.17. The summed E-state index contributed by atoms with van der Waals surface area (Å²) in [4.78, 5) is 23.6. The molecule has 4 aromatic rings. The van der Waals surface area contributed by atoms with Crippen molar-refractivity contribution in [3.05, 3.63) is 65.4 Å². The number of thiophene rings is 1. The molecule has 0 saturated heterocycles. The molecule has 0 saturated carbocycles. The predicted molar refractivity (Wildman–Crippen MR) is 120 cm³/mol. The van der Waals surface area contributed by atoms with Crippen molar-refractivity contribution in [1.29, 1.82) is 0 Å². The average molecular weight is 485 g/mol. The second-order valence-electron chi connectivity index (χ2n) is 6.45. The zero-order valence-corrected chi connectivity index (χ0v) is 18.7. The number of sulfone groups is 1. The monoisotopic (exact) mass is 484 g/mol. The van der Waals surface area contributed by atoms with Crippen LogP contribution in [0.2, 0.25) is 5.02 Å². The van der Waals surface area contributed by atoms with Crippen molar-refractivity contribution in [2.75, 3.05) is 5.32 Å². The van der Waals surface area contributed by atoms with Gasteiger partial charge < -0.3 is 5.32 Å². The molecule has 0 radical (unpaired) electrons. The molecule has 1 aromatic carbocycles. The number of carbonyl (C=O) groups excluding carboxylic acids is 1. The predicted octanol–water partition coefficient (Wildman–Crippen LogP) is 4.59. The van der Waals surface area contributed by atoms with Gasteiger partial charge in [0.2, 0.25) is 11.6 Å². The van der Waals surface area contributed by atoms with E-state index in [1.807, 2.05) is 0 Å². The molecule has 160 valence electrons. The molecule has 9 nitrogen and oxygen atoms in total. The number of halogens is 1. The van der Waals surface area contributed by atoms with Crippen molar-refractivity contribution in [1.82, 2.24) is 20.2 Å². The van der Waals surface area contributed by atoms with Crippen molar-refractivity contribution in [2.24, 2.45) is 0 Å². The summed E-state index contributed by atoms with van der Waals surface area (Å²) in [6, 6.07) is 8.91. The molecule has 0 atom stereocenters. The van der Waals surface area contributed by atoms with Crippen LogP contribution in [0.4, 0.5) is 11.5 Å². The third kappa shape index (κ3) is 3.99. The van der Waals surface area contributed by atoms with Crippen LogP contribution in [0.15, 0.2) is 58.7 Å². The number of hydrogen-bond donors (Lipinski definition) is 2. The fourth-order valence-electron chi connectivity index (χ4n) is 2.98. The molecule has 1 amide bonds. The summed E-state index contributed by atoms with van der Waals surface area (Å²) in [7, 11) is -4.11. The topological polar surface area (TPSA) is 122 Å². The Morgan fingerprint density at radius 3 is 2.56 bits per heavy atom. The lowest BCUT2D eigenvalue weighted by atomic mass is 10.2. The minimum absolute atomic E-state index is 0.00872. The SMILES string of the molecule is [C-]#[N+]c1c(-c2ccnc(NC(C)=O)c2)sc(-c2ncn[nH]2)c1S(=O)(=O)c1ccc(Cl)cc1. The van der Waals surface area contributed by atoms with Gasteiger partial charge in [0, 0.05) is 23.0 Å². The molecule has 2 N–H and O–H groups in total. The quantitative estimate of drug-likeness (QED) is 0.399. The van der Waals surface area contributed by atoms with Crippen LogP contribution in [0.5, 0.6) is 0 Å². The molecule has 3 heterocycles. The molecule has 0 aliphatic rings. The Hall–Kier alpha value is -3.59. The molecule has 0 aliphatic carbocycles. The van der Waals surface area contributed by atoms with Crippen LogP contribution in [-0.2, 0) is 14.6 Å². The molecule has 4 rings (SSSR count). The van der Waals surface area contributed by atoms with E-state index in [-0.39, 0.29) is 37.9 Å². The maximum atomic E-state index is 13.6. The standard InChI is InChI=1S/C20H13ClN6O3S2/c1-11(28)26-15-9-12(7-8-23-15)17-16(22-2)19(18(31-17)20-24-10-25-27-20)32(29,30)14-5-3-13(21)4-6-14/h3-10H,1H3,(H,23,26,28)(H,24,25,27). The number of nitrogens with one attached hydrogen (secondary N) is 2. The van der Waals surface area contributed by atoms with E-state index in [0.717, 1.165) is 11.3 Å². The Labute approximate surface area is 191 Å². The van der Waals surface area contributed by atoms with E-state index < -0.39 is 9.84 Å². The molecule has 0 unspecified atom stereocenters. The van der Waals surface area contributed by atoms with E-state index >= 15 is 0 Å². The third-order valence-electron chi connectivity index (χ3n) is 4.30. The maximum Gasteiger partial charge on any atom is 0.224 e. The van der Waals surface area contributed by atoms with Gasteiger partial charge in [-0.05, 0) is 42.0 Å². The zero-order valence-electron chi connectivity index (χ0n) is 16.3. The smallest absolute Gasteiger partial charge is 0.224 e. The lowest BCUT2D eigenvalue weighted by Crippen LogP contribution is -2.07. The van der Waals surface area contributed by atoms with E-state index in [0.29, 0.717) is 15.5 Å². The van der Waals surface area contributed by atoms with Gasteiger partial charge in [-0.2, -0.15) is 5.10 Å². The van der Waals surface area contributed by atoms with Crippen molar-refractivity contribution >= 4 is 50.2 Å². The largest absolute Gasteiger partial charge is 0.311 e. The number of carbonyl (C=O) groups is 1. The lowest BCUT2D eigenvalue weighted by Gasteiger charge is -2.07. The van der Waals surface area contributed by atoms with Gasteiger partial charge in [0.05, 0.1) is 16.3 Å². The Bertz CT molecular complexity index is 1460. The highest BCUT2D eigenvalue weighted by Crippen LogP contribution is 2.50. The van der Waals surface area contributed by atoms with Crippen LogP contribution in [0.25, 0.3) is 26.0 Å². The van der Waals surface area contributed by atoms with Gasteiger partial charge >= 0.3 is 0 Å². The highest BCUT2D eigenvalue weighted by molar-refractivity contribution is 7.92. The van der Waals surface area contributed by atoms with Gasteiger partial charge in [0.15, 0.2) is 15.7 Å². The number of anilines is 1. The summed E-state index contributed by atoms with van der Waals surface area (Å²) in [5, 5.41) is 9.45. The summed E-state index contributed by atoms with van der Waals surface area (Å²) < 4.78 is 27.2. The zero-order chi connectivity index (χ0) is 22.9. The van der Waals surface area contributed by atoms with Gasteiger partial charge in [0.1, 0.15) is 17.0 Å². The normalized spacial score (nSPS) is 11.2. The number of rotatable bonds is 5. The summed E-state index contributed by atoms with van der Waals surface area (Å²) in [5.41, 5.74) is 0.467. The summed E-state index contributed by atoms with van der Waals surface area (Å²) in [5.74, 6) is 0.192. The maximum absolute atomic E-state index is 13.6. The van der Waals surface area contributed by atoms with Crippen LogP contribution in [0.1, 0.15) is 6.92 Å². The van der Waals surface area contributed by atoms with E-state index in [9.17, 15) is 13.2 Å². The van der Waals surface area contributed by atoms with E-state index in [1.54, 1.807) is 12.1 Å². The van der Waals surface area contributed by atoms with Crippen molar-refractivity contribution < 1.29 is 13.2 Å². The first-order valence-electron chi connectivity index (χ1n) is 8.96. The number of hydrogen-bond acceptors (Lipinski definition) is 7. The highest BCUT2D eigenvalue weighted by Gasteiger charge is 2.32. The minimum atomic E-state index is -4.11. The fraction of sp³-hybridized carbons (Fsp3) is 0.0500. The first-order chi connectivity index (χ1) is 15.3. The van der Waals surface area contributed by atoms with Crippen LogP contribution < -0.4 is 5.32 Å². The summed E-state index contributed by atoms with van der Waals surface area (Å²) in [6.07, 6.45) is 2.72. The molecule has 0 spiro atoms. The van der Waals surface area contributed by atoms with Crippen molar-refractivity contribution in [3.8, 4) is 21.1 Å². The molecule has 0 aliphatic heterocycles. The van der Waals surface area contributed by atoms with Crippen LogP contribution >= 0.6 is 22.9 Å². The summed E-state index contributed by atoms with van der Waals surface area (Å²) >= 11 is 6.99. The van der Waals surface area contributed by atoms with Crippen molar-refractivity contribution in [3.63, 3.8) is 0 Å². The van der Waals surface area contributed by atoms with Crippen LogP contribution in [0.3, 0.4) is 0 Å². The number of nitrogens with zero attached hydrogens (tertiary/aromatic N) is 4. The number of pyridine rings is 1. The van der Waals surface area contributed by atoms with Gasteiger partial charge in [-0.1, -0.05) is 11.6 Å². The van der Waals surface area contributed by atoms with Crippen molar-refractivity contribution in [2.45, 2.75) is 16.7 Å². The van der Waals surface area contributed by atoms with Crippen LogP contribution in [0, 0.1) is 6.57 Å².